The highest BCUT2D eigenvalue weighted by atomic mass is 15.4. The first-order valence-electron chi connectivity index (χ1n) is 6.26. The number of aromatic nitrogens is 2. The van der Waals surface area contributed by atoms with Crippen molar-refractivity contribution in [1.82, 2.24) is 9.66 Å². The molecular formula is C16H15N3. The zero-order valence-corrected chi connectivity index (χ0v) is 10.6. The lowest BCUT2D eigenvalue weighted by molar-refractivity contribution is 0.981. The predicted molar refractivity (Wildman–Crippen MR) is 79.1 cm³/mol. The van der Waals surface area contributed by atoms with Crippen molar-refractivity contribution < 1.29 is 0 Å². The summed E-state index contributed by atoms with van der Waals surface area (Å²) in [5.74, 6) is 0. The zero-order valence-electron chi connectivity index (χ0n) is 10.6. The molecule has 0 unspecified atom stereocenters. The fourth-order valence-corrected chi connectivity index (χ4v) is 2.14. The van der Waals surface area contributed by atoms with Crippen LogP contribution < -0.4 is 5.43 Å². The maximum Gasteiger partial charge on any atom is 0.116 e. The number of anilines is 1. The number of fused-ring (bicyclic) bond motifs is 1. The van der Waals surface area contributed by atoms with E-state index in [1.807, 2.05) is 47.2 Å². The van der Waals surface area contributed by atoms with Crippen molar-refractivity contribution in [2.75, 3.05) is 5.43 Å². The van der Waals surface area contributed by atoms with E-state index in [9.17, 15) is 0 Å². The van der Waals surface area contributed by atoms with Gasteiger partial charge < -0.3 is 0 Å². The smallest absolute Gasteiger partial charge is 0.116 e. The average Bonchev–Trinajstić information content (AvgIpc) is 2.85. The van der Waals surface area contributed by atoms with E-state index in [0.717, 1.165) is 23.1 Å². The molecule has 0 aliphatic carbocycles. The number of benzene rings is 2. The molecule has 3 rings (SSSR count). The summed E-state index contributed by atoms with van der Waals surface area (Å²) < 4.78 is 1.94. The summed E-state index contributed by atoms with van der Waals surface area (Å²) in [5, 5.41) is 0. The number of nitrogens with one attached hydrogen (secondary N) is 1. The Balaban J connectivity index is 1.99. The second-order valence-corrected chi connectivity index (χ2v) is 4.37. The normalized spacial score (nSPS) is 10.5. The van der Waals surface area contributed by atoms with Crippen LogP contribution in [0.4, 0.5) is 5.69 Å². The summed E-state index contributed by atoms with van der Waals surface area (Å²) in [6.07, 6.45) is 4.55. The molecule has 94 valence electrons. The second-order valence-electron chi connectivity index (χ2n) is 4.37. The maximum atomic E-state index is 4.37. The molecule has 1 aromatic heterocycles. The van der Waals surface area contributed by atoms with Crippen LogP contribution in [0.2, 0.25) is 0 Å². The van der Waals surface area contributed by atoms with E-state index in [1.165, 1.54) is 5.56 Å². The highest BCUT2D eigenvalue weighted by Crippen LogP contribution is 2.18. The summed E-state index contributed by atoms with van der Waals surface area (Å²) in [6.45, 7) is 3.80. The SMILES string of the molecule is C=CCc1ccccc1Nn1cnc2ccccc21. The molecule has 0 amide bonds. The van der Waals surface area contributed by atoms with Gasteiger partial charge in [-0.05, 0) is 30.2 Å². The Kier molecular flexibility index (Phi) is 3.02. The molecule has 0 spiro atoms. The highest BCUT2D eigenvalue weighted by Gasteiger charge is 2.04. The molecule has 0 radical (unpaired) electrons. The van der Waals surface area contributed by atoms with Crippen LogP contribution >= 0.6 is 0 Å². The topological polar surface area (TPSA) is 29.9 Å². The quantitative estimate of drug-likeness (QED) is 0.715. The van der Waals surface area contributed by atoms with E-state index >= 15 is 0 Å². The van der Waals surface area contributed by atoms with E-state index in [0.29, 0.717) is 0 Å². The summed E-state index contributed by atoms with van der Waals surface area (Å²) in [5.41, 5.74) is 7.73. The van der Waals surface area contributed by atoms with Crippen molar-refractivity contribution in [1.29, 1.82) is 0 Å². The number of allylic oxidation sites excluding steroid dienone is 1. The molecule has 0 atom stereocenters. The van der Waals surface area contributed by atoms with Gasteiger partial charge in [0.2, 0.25) is 0 Å². The molecule has 3 aromatic rings. The van der Waals surface area contributed by atoms with Gasteiger partial charge in [0.25, 0.3) is 0 Å². The summed E-state index contributed by atoms with van der Waals surface area (Å²) in [6, 6.07) is 16.3. The molecule has 0 aliphatic rings. The van der Waals surface area contributed by atoms with Gasteiger partial charge in [0.1, 0.15) is 6.33 Å². The average molecular weight is 249 g/mol. The predicted octanol–water partition coefficient (Wildman–Crippen LogP) is 3.64. The number of hydrogen-bond donors (Lipinski definition) is 1. The minimum Gasteiger partial charge on any atom is -0.293 e. The van der Waals surface area contributed by atoms with Gasteiger partial charge in [0.15, 0.2) is 0 Å². The minimum absolute atomic E-state index is 0.843. The fraction of sp³-hybridized carbons (Fsp3) is 0.0625. The lowest BCUT2D eigenvalue weighted by atomic mass is 10.1. The fourth-order valence-electron chi connectivity index (χ4n) is 2.14. The Morgan fingerprint density at radius 1 is 1.11 bits per heavy atom. The van der Waals surface area contributed by atoms with Crippen LogP contribution in [0, 0.1) is 0 Å². The Morgan fingerprint density at radius 3 is 2.79 bits per heavy atom. The van der Waals surface area contributed by atoms with Gasteiger partial charge in [-0.2, -0.15) is 0 Å². The zero-order chi connectivity index (χ0) is 13.1. The van der Waals surface area contributed by atoms with E-state index in [4.69, 9.17) is 0 Å². The molecule has 19 heavy (non-hydrogen) atoms. The van der Waals surface area contributed by atoms with Crippen molar-refractivity contribution in [2.24, 2.45) is 0 Å². The van der Waals surface area contributed by atoms with Gasteiger partial charge in [-0.3, -0.25) is 5.43 Å². The largest absolute Gasteiger partial charge is 0.293 e. The monoisotopic (exact) mass is 249 g/mol. The highest BCUT2D eigenvalue weighted by molar-refractivity contribution is 5.76. The molecule has 3 nitrogen and oxygen atoms in total. The van der Waals surface area contributed by atoms with Crippen LogP contribution in [0.15, 0.2) is 67.5 Å². The molecule has 3 heteroatoms. The van der Waals surface area contributed by atoms with E-state index < -0.39 is 0 Å². The van der Waals surface area contributed by atoms with Crippen LogP contribution in [-0.2, 0) is 6.42 Å². The molecule has 0 saturated carbocycles. The Hall–Kier alpha value is -2.55. The number of rotatable bonds is 4. The summed E-state index contributed by atoms with van der Waals surface area (Å²) >= 11 is 0. The Morgan fingerprint density at radius 2 is 1.89 bits per heavy atom. The lowest BCUT2D eigenvalue weighted by Crippen LogP contribution is -2.09. The number of nitrogens with zero attached hydrogens (tertiary/aromatic N) is 2. The number of imidazole rings is 1. The lowest BCUT2D eigenvalue weighted by Gasteiger charge is -2.12. The van der Waals surface area contributed by atoms with Crippen LogP contribution in [0.3, 0.4) is 0 Å². The van der Waals surface area contributed by atoms with Gasteiger partial charge in [0.05, 0.1) is 16.7 Å². The first-order valence-corrected chi connectivity index (χ1v) is 6.26. The maximum absolute atomic E-state index is 4.37. The van der Waals surface area contributed by atoms with Gasteiger partial charge in [-0.1, -0.05) is 36.4 Å². The van der Waals surface area contributed by atoms with Gasteiger partial charge >= 0.3 is 0 Å². The van der Waals surface area contributed by atoms with Crippen molar-refractivity contribution in [3.8, 4) is 0 Å². The third kappa shape index (κ3) is 2.22. The number of hydrogen-bond acceptors (Lipinski definition) is 2. The van der Waals surface area contributed by atoms with Crippen molar-refractivity contribution >= 4 is 16.7 Å². The first kappa shape index (κ1) is 11.5. The molecule has 0 fully saturated rings. The Bertz CT molecular complexity index is 713. The van der Waals surface area contributed by atoms with E-state index in [-0.39, 0.29) is 0 Å². The van der Waals surface area contributed by atoms with Crippen LogP contribution in [-0.4, -0.2) is 9.66 Å². The molecule has 0 aliphatic heterocycles. The summed E-state index contributed by atoms with van der Waals surface area (Å²) in [7, 11) is 0. The van der Waals surface area contributed by atoms with E-state index in [1.54, 1.807) is 6.33 Å². The second kappa shape index (κ2) is 4.98. The van der Waals surface area contributed by atoms with Crippen LogP contribution in [0.1, 0.15) is 5.56 Å². The summed E-state index contributed by atoms with van der Waals surface area (Å²) in [4.78, 5) is 4.37. The van der Waals surface area contributed by atoms with E-state index in [2.05, 4.69) is 29.1 Å². The molecular weight excluding hydrogens is 234 g/mol. The molecule has 0 saturated heterocycles. The standard InChI is InChI=1S/C16H15N3/c1-2-7-13-8-3-4-9-14(13)18-19-12-17-15-10-5-6-11-16(15)19/h2-6,8-12,18H,1,7H2. The van der Waals surface area contributed by atoms with Crippen molar-refractivity contribution in [2.45, 2.75) is 6.42 Å². The van der Waals surface area contributed by atoms with Crippen molar-refractivity contribution in [3.63, 3.8) is 0 Å². The van der Waals surface area contributed by atoms with Crippen LogP contribution in [0.5, 0.6) is 0 Å². The van der Waals surface area contributed by atoms with Gasteiger partial charge in [-0.25, -0.2) is 9.66 Å². The first-order chi connectivity index (χ1) is 9.38. The molecule has 0 bridgehead atoms. The molecule has 1 heterocycles. The van der Waals surface area contributed by atoms with Crippen molar-refractivity contribution in [3.05, 3.63) is 73.1 Å². The minimum atomic E-state index is 0.843. The van der Waals surface area contributed by atoms with Gasteiger partial charge in [0, 0.05) is 0 Å². The molecule has 1 N–H and O–H groups in total. The Labute approximate surface area is 112 Å². The van der Waals surface area contributed by atoms with Gasteiger partial charge in [-0.15, -0.1) is 6.58 Å². The van der Waals surface area contributed by atoms with Crippen LogP contribution in [0.25, 0.3) is 11.0 Å². The number of para-hydroxylation sites is 3. The third-order valence-corrected chi connectivity index (χ3v) is 3.08. The molecule has 2 aromatic carbocycles. The third-order valence-electron chi connectivity index (χ3n) is 3.08.